The summed E-state index contributed by atoms with van der Waals surface area (Å²) in [7, 11) is 1.77. The SMILES string of the molecule is CCCCN(C)C(=O)c1c(C)nn(Cc2ccc(F)cc2)c1Cl. The van der Waals surface area contributed by atoms with Crippen molar-refractivity contribution in [3.05, 3.63) is 52.1 Å². The molecule has 4 nitrogen and oxygen atoms in total. The van der Waals surface area contributed by atoms with Gasteiger partial charge in [0, 0.05) is 13.6 Å². The summed E-state index contributed by atoms with van der Waals surface area (Å²) in [6, 6.07) is 6.14. The summed E-state index contributed by atoms with van der Waals surface area (Å²) in [5.74, 6) is -0.406. The van der Waals surface area contributed by atoms with Crippen LogP contribution in [0.1, 0.15) is 41.4 Å². The van der Waals surface area contributed by atoms with Gasteiger partial charge in [-0.3, -0.25) is 4.79 Å². The molecule has 0 N–H and O–H groups in total. The average Bonchev–Trinajstić information content (AvgIpc) is 2.80. The number of hydrogen-bond acceptors (Lipinski definition) is 2. The number of benzene rings is 1. The van der Waals surface area contributed by atoms with Crippen LogP contribution in [0.2, 0.25) is 5.15 Å². The third-order valence-electron chi connectivity index (χ3n) is 3.72. The quantitative estimate of drug-likeness (QED) is 0.801. The Morgan fingerprint density at radius 2 is 2.00 bits per heavy atom. The zero-order valence-corrected chi connectivity index (χ0v) is 14.4. The van der Waals surface area contributed by atoms with Crippen LogP contribution in [0.25, 0.3) is 0 Å². The van der Waals surface area contributed by atoms with Crippen molar-refractivity contribution in [2.45, 2.75) is 33.2 Å². The second-order valence-electron chi connectivity index (χ2n) is 5.62. The molecule has 0 unspecified atom stereocenters. The topological polar surface area (TPSA) is 38.1 Å². The summed E-state index contributed by atoms with van der Waals surface area (Å²) in [4.78, 5) is 14.2. The highest BCUT2D eigenvalue weighted by Gasteiger charge is 2.23. The molecule has 0 aliphatic rings. The van der Waals surface area contributed by atoms with E-state index in [1.165, 1.54) is 12.1 Å². The molecule has 0 saturated carbocycles. The number of carbonyl (C=O) groups is 1. The van der Waals surface area contributed by atoms with Crippen molar-refractivity contribution in [2.75, 3.05) is 13.6 Å². The Morgan fingerprint density at radius 1 is 1.35 bits per heavy atom. The van der Waals surface area contributed by atoms with Gasteiger partial charge in [0.05, 0.1) is 17.8 Å². The predicted octanol–water partition coefficient (Wildman–Crippen LogP) is 3.90. The molecular formula is C17H21ClFN3O. The summed E-state index contributed by atoms with van der Waals surface area (Å²) in [5.41, 5.74) is 1.91. The Bertz CT molecular complexity index is 682. The normalized spacial score (nSPS) is 10.8. The monoisotopic (exact) mass is 337 g/mol. The molecule has 1 aromatic heterocycles. The fourth-order valence-electron chi connectivity index (χ4n) is 2.35. The van der Waals surface area contributed by atoms with Crippen LogP contribution in [0.5, 0.6) is 0 Å². The molecule has 0 atom stereocenters. The maximum atomic E-state index is 13.0. The number of carbonyl (C=O) groups excluding carboxylic acids is 1. The summed E-state index contributed by atoms with van der Waals surface area (Å²) < 4.78 is 14.5. The predicted molar refractivity (Wildman–Crippen MR) is 89.3 cm³/mol. The lowest BCUT2D eigenvalue weighted by molar-refractivity contribution is 0.0792. The fourth-order valence-corrected chi connectivity index (χ4v) is 2.67. The van der Waals surface area contributed by atoms with Gasteiger partial charge < -0.3 is 4.90 Å². The number of unbranched alkanes of at least 4 members (excludes halogenated alkanes) is 1. The van der Waals surface area contributed by atoms with Crippen LogP contribution in [0.15, 0.2) is 24.3 Å². The average molecular weight is 338 g/mol. The zero-order valence-electron chi connectivity index (χ0n) is 13.6. The van der Waals surface area contributed by atoms with E-state index in [-0.39, 0.29) is 11.7 Å². The van der Waals surface area contributed by atoms with Crippen molar-refractivity contribution in [3.63, 3.8) is 0 Å². The van der Waals surface area contributed by atoms with Gasteiger partial charge >= 0.3 is 0 Å². The standard InChI is InChI=1S/C17H21ClFN3O/c1-4-5-10-21(3)17(23)15-12(2)20-22(16(15)18)11-13-6-8-14(19)9-7-13/h6-9H,4-5,10-11H2,1-3H3. The fraction of sp³-hybridized carbons (Fsp3) is 0.412. The van der Waals surface area contributed by atoms with Crippen LogP contribution in [0.3, 0.4) is 0 Å². The molecule has 0 bridgehead atoms. The molecule has 6 heteroatoms. The molecule has 1 heterocycles. The molecule has 2 aromatic rings. The van der Waals surface area contributed by atoms with E-state index in [9.17, 15) is 9.18 Å². The van der Waals surface area contributed by atoms with Gasteiger partial charge in [-0.15, -0.1) is 0 Å². The van der Waals surface area contributed by atoms with Crippen molar-refractivity contribution < 1.29 is 9.18 Å². The van der Waals surface area contributed by atoms with Crippen LogP contribution in [-0.4, -0.2) is 34.2 Å². The summed E-state index contributed by atoms with van der Waals surface area (Å²) in [6.45, 7) is 4.94. The number of aromatic nitrogens is 2. The Kier molecular flexibility index (Phi) is 5.77. The lowest BCUT2D eigenvalue weighted by Crippen LogP contribution is -2.28. The van der Waals surface area contributed by atoms with E-state index < -0.39 is 0 Å². The zero-order chi connectivity index (χ0) is 17.0. The first-order valence-corrected chi connectivity index (χ1v) is 8.04. The van der Waals surface area contributed by atoms with Crippen molar-refractivity contribution in [1.82, 2.24) is 14.7 Å². The number of nitrogens with zero attached hydrogens (tertiary/aromatic N) is 3. The van der Waals surface area contributed by atoms with Crippen LogP contribution in [0, 0.1) is 12.7 Å². The first-order valence-electron chi connectivity index (χ1n) is 7.66. The minimum Gasteiger partial charge on any atom is -0.342 e. The third kappa shape index (κ3) is 4.10. The van der Waals surface area contributed by atoms with E-state index in [0.29, 0.717) is 29.5 Å². The number of rotatable bonds is 6. The van der Waals surface area contributed by atoms with Gasteiger partial charge in [-0.05, 0) is 31.0 Å². The Morgan fingerprint density at radius 3 is 2.61 bits per heavy atom. The van der Waals surface area contributed by atoms with Crippen molar-refractivity contribution in [3.8, 4) is 0 Å². The number of halogens is 2. The van der Waals surface area contributed by atoms with E-state index in [2.05, 4.69) is 12.0 Å². The molecule has 0 radical (unpaired) electrons. The maximum absolute atomic E-state index is 13.0. The van der Waals surface area contributed by atoms with Gasteiger partial charge in [-0.25, -0.2) is 9.07 Å². The minimum absolute atomic E-state index is 0.119. The molecule has 23 heavy (non-hydrogen) atoms. The van der Waals surface area contributed by atoms with Crippen LogP contribution >= 0.6 is 11.6 Å². The van der Waals surface area contributed by atoms with Gasteiger partial charge in [-0.2, -0.15) is 5.10 Å². The molecule has 0 spiro atoms. The largest absolute Gasteiger partial charge is 0.342 e. The second-order valence-corrected chi connectivity index (χ2v) is 5.97. The molecule has 1 aromatic carbocycles. The Labute approximate surface area is 140 Å². The lowest BCUT2D eigenvalue weighted by Gasteiger charge is -2.16. The molecule has 0 aliphatic heterocycles. The molecule has 0 saturated heterocycles. The Hall–Kier alpha value is -1.88. The first-order chi connectivity index (χ1) is 10.9. The highest BCUT2D eigenvalue weighted by Crippen LogP contribution is 2.22. The van der Waals surface area contributed by atoms with Crippen molar-refractivity contribution in [1.29, 1.82) is 0 Å². The van der Waals surface area contributed by atoms with Gasteiger partial charge in [0.25, 0.3) is 5.91 Å². The highest BCUT2D eigenvalue weighted by molar-refractivity contribution is 6.33. The van der Waals surface area contributed by atoms with Crippen molar-refractivity contribution in [2.24, 2.45) is 0 Å². The van der Waals surface area contributed by atoms with Crippen LogP contribution < -0.4 is 0 Å². The molecule has 2 rings (SSSR count). The Balaban J connectivity index is 2.21. The van der Waals surface area contributed by atoms with Crippen LogP contribution in [0.4, 0.5) is 4.39 Å². The maximum Gasteiger partial charge on any atom is 0.258 e. The van der Waals surface area contributed by atoms with E-state index in [1.807, 2.05) is 0 Å². The van der Waals surface area contributed by atoms with E-state index in [0.717, 1.165) is 18.4 Å². The third-order valence-corrected chi connectivity index (χ3v) is 4.10. The van der Waals surface area contributed by atoms with Crippen LogP contribution in [-0.2, 0) is 6.54 Å². The summed E-state index contributed by atoms with van der Waals surface area (Å²) in [5, 5.41) is 4.67. The number of aryl methyl sites for hydroxylation is 1. The minimum atomic E-state index is -0.287. The van der Waals surface area contributed by atoms with Gasteiger partial charge in [0.15, 0.2) is 0 Å². The highest BCUT2D eigenvalue weighted by atomic mass is 35.5. The first kappa shape index (κ1) is 17.5. The molecule has 0 aliphatic carbocycles. The number of hydrogen-bond donors (Lipinski definition) is 0. The number of amides is 1. The second kappa shape index (κ2) is 7.59. The molecule has 124 valence electrons. The lowest BCUT2D eigenvalue weighted by atomic mass is 10.2. The van der Waals surface area contributed by atoms with E-state index in [1.54, 1.807) is 35.7 Å². The summed E-state index contributed by atoms with van der Waals surface area (Å²) >= 11 is 6.36. The molecular weight excluding hydrogens is 317 g/mol. The van der Waals surface area contributed by atoms with Gasteiger partial charge in [-0.1, -0.05) is 37.1 Å². The molecule has 1 amide bonds. The van der Waals surface area contributed by atoms with Gasteiger partial charge in [0.2, 0.25) is 0 Å². The smallest absolute Gasteiger partial charge is 0.258 e. The van der Waals surface area contributed by atoms with E-state index in [4.69, 9.17) is 11.6 Å². The van der Waals surface area contributed by atoms with E-state index >= 15 is 0 Å². The van der Waals surface area contributed by atoms with Crippen molar-refractivity contribution >= 4 is 17.5 Å². The summed E-state index contributed by atoms with van der Waals surface area (Å²) in [6.07, 6.45) is 1.97. The van der Waals surface area contributed by atoms with Gasteiger partial charge in [0.1, 0.15) is 11.0 Å². The molecule has 0 fully saturated rings.